The maximum absolute atomic E-state index is 14.3. The molecule has 2 aliphatic rings. The van der Waals surface area contributed by atoms with Gasteiger partial charge in [0.1, 0.15) is 28.4 Å². The van der Waals surface area contributed by atoms with Crippen molar-refractivity contribution in [3.05, 3.63) is 107 Å². The molecule has 0 fully saturated rings. The van der Waals surface area contributed by atoms with Gasteiger partial charge in [-0.3, -0.25) is 4.79 Å². The summed E-state index contributed by atoms with van der Waals surface area (Å²) in [7, 11) is 1.38. The van der Waals surface area contributed by atoms with Gasteiger partial charge < -0.3 is 29.2 Å². The number of fused-ring (bicyclic) bond motifs is 2. The van der Waals surface area contributed by atoms with Gasteiger partial charge in [0.2, 0.25) is 11.9 Å². The topological polar surface area (TPSA) is 112 Å². The SMILES string of the molecule is C=C(C)[C@@H](O)Cc1c2c(c(O)c3c1O[C@H](c1ccccc1)[C@@H](OC(=O)[C@@H](OC)c1ccccc1)C3=O)C=CC(C)(C)O2. The Bertz CT molecular complexity index is 1540. The lowest BCUT2D eigenvalue weighted by atomic mass is 9.86. The number of methoxy groups -OCH3 is 1. The monoisotopic (exact) mass is 570 g/mol. The van der Waals surface area contributed by atoms with Gasteiger partial charge in [-0.05, 0) is 44.1 Å². The average molecular weight is 571 g/mol. The lowest BCUT2D eigenvalue weighted by Gasteiger charge is -2.37. The molecule has 42 heavy (non-hydrogen) atoms. The molecule has 0 aromatic heterocycles. The zero-order valence-electron chi connectivity index (χ0n) is 24.0. The lowest BCUT2D eigenvalue weighted by Crippen LogP contribution is -2.42. The Kier molecular flexibility index (Phi) is 7.95. The molecule has 3 aromatic carbocycles. The van der Waals surface area contributed by atoms with Crippen LogP contribution in [0.2, 0.25) is 0 Å². The van der Waals surface area contributed by atoms with Crippen molar-refractivity contribution in [1.82, 2.24) is 0 Å². The second-order valence-electron chi connectivity index (χ2n) is 11.1. The van der Waals surface area contributed by atoms with Crippen LogP contribution in [-0.4, -0.2) is 46.9 Å². The van der Waals surface area contributed by atoms with Crippen molar-refractivity contribution < 1.29 is 38.7 Å². The summed E-state index contributed by atoms with van der Waals surface area (Å²) >= 11 is 0. The van der Waals surface area contributed by atoms with Crippen molar-refractivity contribution in [2.24, 2.45) is 0 Å². The Labute approximate surface area is 244 Å². The molecular formula is C34H34O8. The Morgan fingerprint density at radius 3 is 2.33 bits per heavy atom. The highest BCUT2D eigenvalue weighted by Crippen LogP contribution is 2.52. The fraction of sp³-hybridized carbons (Fsp3) is 0.294. The Balaban J connectivity index is 1.66. The standard InChI is InChI=1S/C34H34O8/c1-19(2)24(35)18-23-30-22(16-17-34(3,4)42-30)26(36)25-27(37)32(28(40-31(23)25)20-12-8-6-9-13-20)41-33(38)29(39-5)21-14-10-7-11-15-21/h6-17,24,28-29,32,35-36H,1,18H2,2-5H3/t24-,28+,29-,32-/m0/s1. The molecular weight excluding hydrogens is 536 g/mol. The van der Waals surface area contributed by atoms with Crippen LogP contribution in [0.25, 0.3) is 6.08 Å². The molecule has 2 N–H and O–H groups in total. The van der Waals surface area contributed by atoms with E-state index in [0.29, 0.717) is 28.0 Å². The summed E-state index contributed by atoms with van der Waals surface area (Å²) in [4.78, 5) is 27.7. The summed E-state index contributed by atoms with van der Waals surface area (Å²) in [6.07, 6.45) is -1.10. The number of ketones is 1. The molecule has 0 saturated heterocycles. The Morgan fingerprint density at radius 2 is 1.71 bits per heavy atom. The molecule has 8 heteroatoms. The predicted molar refractivity (Wildman–Crippen MR) is 157 cm³/mol. The summed E-state index contributed by atoms with van der Waals surface area (Å²) in [6, 6.07) is 17.7. The third-order valence-electron chi connectivity index (χ3n) is 7.44. The van der Waals surface area contributed by atoms with Gasteiger partial charge in [-0.2, -0.15) is 0 Å². The van der Waals surface area contributed by atoms with E-state index in [2.05, 4.69) is 6.58 Å². The zero-order chi connectivity index (χ0) is 30.2. The van der Waals surface area contributed by atoms with E-state index in [1.807, 2.05) is 26.0 Å². The van der Waals surface area contributed by atoms with Crippen molar-refractivity contribution in [3.8, 4) is 17.2 Å². The maximum Gasteiger partial charge on any atom is 0.340 e. The summed E-state index contributed by atoms with van der Waals surface area (Å²) < 4.78 is 24.1. The van der Waals surface area contributed by atoms with Gasteiger partial charge in [-0.25, -0.2) is 4.79 Å². The summed E-state index contributed by atoms with van der Waals surface area (Å²) in [6.45, 7) is 9.27. The molecule has 3 aromatic rings. The number of Topliss-reactive ketones (excluding diaryl/α,β-unsaturated/α-hetero) is 1. The minimum Gasteiger partial charge on any atom is -0.506 e. The number of aliphatic hydroxyl groups excluding tert-OH is 1. The first-order chi connectivity index (χ1) is 20.0. The molecule has 218 valence electrons. The van der Waals surface area contributed by atoms with E-state index < -0.39 is 41.8 Å². The lowest BCUT2D eigenvalue weighted by molar-refractivity contribution is -0.163. The van der Waals surface area contributed by atoms with Crippen molar-refractivity contribution in [1.29, 1.82) is 0 Å². The molecule has 0 aliphatic carbocycles. The normalized spacial score (nSPS) is 19.9. The van der Waals surface area contributed by atoms with Crippen molar-refractivity contribution in [3.63, 3.8) is 0 Å². The number of benzene rings is 3. The number of hydrogen-bond donors (Lipinski definition) is 2. The van der Waals surface area contributed by atoms with Gasteiger partial charge in [-0.1, -0.05) is 72.8 Å². The van der Waals surface area contributed by atoms with Gasteiger partial charge >= 0.3 is 5.97 Å². The van der Waals surface area contributed by atoms with E-state index in [4.69, 9.17) is 18.9 Å². The van der Waals surface area contributed by atoms with Gasteiger partial charge in [0.25, 0.3) is 0 Å². The van der Waals surface area contributed by atoms with Crippen LogP contribution in [0.5, 0.6) is 17.2 Å². The number of esters is 1. The van der Waals surface area contributed by atoms with Crippen LogP contribution < -0.4 is 9.47 Å². The van der Waals surface area contributed by atoms with Crippen molar-refractivity contribution in [2.75, 3.05) is 7.11 Å². The van der Waals surface area contributed by atoms with Crippen LogP contribution in [-0.2, 0) is 20.7 Å². The molecule has 4 atom stereocenters. The Hall–Kier alpha value is -4.40. The zero-order valence-corrected chi connectivity index (χ0v) is 24.0. The largest absolute Gasteiger partial charge is 0.506 e. The molecule has 2 heterocycles. The van der Waals surface area contributed by atoms with Gasteiger partial charge in [0.15, 0.2) is 12.2 Å². The minimum absolute atomic E-state index is 0.0171. The van der Waals surface area contributed by atoms with E-state index in [-0.39, 0.29) is 29.0 Å². The number of carbonyl (C=O) groups is 2. The summed E-state index contributed by atoms with van der Waals surface area (Å²) in [5.41, 5.74) is 1.45. The Morgan fingerprint density at radius 1 is 1.07 bits per heavy atom. The molecule has 0 unspecified atom stereocenters. The number of ether oxygens (including phenoxy) is 4. The highest BCUT2D eigenvalue weighted by Gasteiger charge is 2.47. The molecule has 0 saturated carbocycles. The number of carbonyl (C=O) groups excluding carboxylic acids is 2. The molecule has 5 rings (SSSR count). The average Bonchev–Trinajstić information content (AvgIpc) is 2.97. The third kappa shape index (κ3) is 5.43. The summed E-state index contributed by atoms with van der Waals surface area (Å²) in [5, 5.41) is 22.3. The number of rotatable bonds is 8. The van der Waals surface area contributed by atoms with Crippen molar-refractivity contribution in [2.45, 2.75) is 57.2 Å². The highest BCUT2D eigenvalue weighted by atomic mass is 16.6. The van der Waals surface area contributed by atoms with Crippen LogP contribution in [0, 0.1) is 0 Å². The van der Waals surface area contributed by atoms with Crippen LogP contribution in [0.3, 0.4) is 0 Å². The second kappa shape index (κ2) is 11.5. The predicted octanol–water partition coefficient (Wildman–Crippen LogP) is 5.67. The van der Waals surface area contributed by atoms with E-state index >= 15 is 0 Å². The van der Waals surface area contributed by atoms with Gasteiger partial charge in [0.05, 0.1) is 11.7 Å². The molecule has 0 radical (unpaired) electrons. The number of phenols is 1. The van der Waals surface area contributed by atoms with E-state index in [1.54, 1.807) is 67.6 Å². The number of aromatic hydroxyl groups is 1. The van der Waals surface area contributed by atoms with Crippen LogP contribution in [0.15, 0.2) is 78.9 Å². The van der Waals surface area contributed by atoms with Gasteiger partial charge in [-0.15, -0.1) is 0 Å². The van der Waals surface area contributed by atoms with E-state index in [1.165, 1.54) is 7.11 Å². The first kappa shape index (κ1) is 29.1. The van der Waals surface area contributed by atoms with E-state index in [9.17, 15) is 19.8 Å². The minimum atomic E-state index is -1.44. The van der Waals surface area contributed by atoms with Crippen LogP contribution >= 0.6 is 0 Å². The van der Waals surface area contributed by atoms with Crippen LogP contribution in [0.4, 0.5) is 0 Å². The molecule has 2 aliphatic heterocycles. The third-order valence-corrected chi connectivity index (χ3v) is 7.44. The van der Waals surface area contributed by atoms with E-state index in [0.717, 1.165) is 0 Å². The second-order valence-corrected chi connectivity index (χ2v) is 11.1. The quantitative estimate of drug-likeness (QED) is 0.263. The highest BCUT2D eigenvalue weighted by molar-refractivity contribution is 6.08. The fourth-order valence-corrected chi connectivity index (χ4v) is 5.18. The number of hydrogen-bond acceptors (Lipinski definition) is 8. The maximum atomic E-state index is 14.3. The van der Waals surface area contributed by atoms with Crippen LogP contribution in [0.1, 0.15) is 65.6 Å². The molecule has 0 bridgehead atoms. The fourth-order valence-electron chi connectivity index (χ4n) is 5.18. The smallest absolute Gasteiger partial charge is 0.340 e. The van der Waals surface area contributed by atoms with Crippen molar-refractivity contribution >= 4 is 17.8 Å². The number of aliphatic hydroxyl groups is 1. The molecule has 0 spiro atoms. The number of phenolic OH excluding ortho intramolecular Hbond substituents is 1. The molecule has 8 nitrogen and oxygen atoms in total. The first-order valence-corrected chi connectivity index (χ1v) is 13.7. The van der Waals surface area contributed by atoms with Gasteiger partial charge in [0, 0.05) is 19.1 Å². The summed E-state index contributed by atoms with van der Waals surface area (Å²) in [5.74, 6) is -1.42. The molecule has 0 amide bonds. The first-order valence-electron chi connectivity index (χ1n) is 13.7.